The molecular formula is C17H25N5O4S2. The highest BCUT2D eigenvalue weighted by Crippen LogP contribution is 2.26. The van der Waals surface area contributed by atoms with Crippen LogP contribution in [0.1, 0.15) is 26.0 Å². The summed E-state index contributed by atoms with van der Waals surface area (Å²) in [5.74, 6) is 7.63. The van der Waals surface area contributed by atoms with E-state index < -0.39 is 9.84 Å². The zero-order valence-electron chi connectivity index (χ0n) is 16.2. The molecule has 0 aromatic carbocycles. The number of carbonyl (C=O) groups is 1. The molecule has 0 bridgehead atoms. The molecule has 11 heteroatoms. The zero-order valence-corrected chi connectivity index (χ0v) is 17.8. The molecule has 2 aromatic heterocycles. The number of amides is 1. The Morgan fingerprint density at radius 2 is 2.21 bits per heavy atom. The number of thioether (sulfide) groups is 1. The van der Waals surface area contributed by atoms with Crippen LogP contribution in [0.25, 0.3) is 11.4 Å². The second-order valence-corrected chi connectivity index (χ2v) is 10.5. The summed E-state index contributed by atoms with van der Waals surface area (Å²) < 4.78 is 30.3. The first kappa shape index (κ1) is 20.7. The minimum Gasteiger partial charge on any atom is -0.469 e. The van der Waals surface area contributed by atoms with Crippen molar-refractivity contribution in [2.45, 2.75) is 38.4 Å². The first-order chi connectivity index (χ1) is 13.2. The molecule has 0 saturated carbocycles. The van der Waals surface area contributed by atoms with Crippen molar-refractivity contribution in [3.05, 3.63) is 18.1 Å². The molecule has 0 radical (unpaired) electrons. The van der Waals surface area contributed by atoms with E-state index in [1.54, 1.807) is 24.2 Å². The van der Waals surface area contributed by atoms with Crippen molar-refractivity contribution < 1.29 is 17.6 Å². The van der Waals surface area contributed by atoms with Gasteiger partial charge in [0.05, 0.1) is 29.1 Å². The normalized spacial score (nSPS) is 18.6. The van der Waals surface area contributed by atoms with Gasteiger partial charge in [0.25, 0.3) is 0 Å². The summed E-state index contributed by atoms with van der Waals surface area (Å²) in [5.41, 5.74) is 0.741. The van der Waals surface area contributed by atoms with Gasteiger partial charge >= 0.3 is 0 Å². The number of hydrogen-bond donors (Lipinski definition) is 1. The van der Waals surface area contributed by atoms with E-state index in [-0.39, 0.29) is 35.1 Å². The summed E-state index contributed by atoms with van der Waals surface area (Å²) in [5, 5.41) is 8.57. The fourth-order valence-electron chi connectivity index (χ4n) is 3.25. The minimum absolute atomic E-state index is 0.0348. The Bertz CT molecular complexity index is 951. The van der Waals surface area contributed by atoms with Gasteiger partial charge in [-0.15, -0.1) is 10.2 Å². The van der Waals surface area contributed by atoms with Crippen molar-refractivity contribution in [2.24, 2.45) is 5.92 Å². The maximum Gasteiger partial charge on any atom is 0.233 e. The number of nitrogens with two attached hydrogens (primary N) is 1. The molecule has 3 rings (SSSR count). The van der Waals surface area contributed by atoms with Crippen molar-refractivity contribution in [1.29, 1.82) is 0 Å². The molecule has 1 saturated heterocycles. The molecule has 0 unspecified atom stereocenters. The second kappa shape index (κ2) is 8.16. The number of aromatic nitrogens is 3. The summed E-state index contributed by atoms with van der Waals surface area (Å²) >= 11 is 1.19. The molecule has 154 valence electrons. The van der Waals surface area contributed by atoms with E-state index in [2.05, 4.69) is 10.2 Å². The Morgan fingerprint density at radius 3 is 2.79 bits per heavy atom. The molecular weight excluding hydrogens is 402 g/mol. The van der Waals surface area contributed by atoms with E-state index in [1.807, 2.05) is 13.8 Å². The lowest BCUT2D eigenvalue weighted by Gasteiger charge is -2.29. The van der Waals surface area contributed by atoms with Gasteiger partial charge in [0.2, 0.25) is 11.1 Å². The predicted octanol–water partition coefficient (Wildman–Crippen LogP) is 1.32. The Balaban J connectivity index is 1.69. The molecule has 1 aliphatic rings. The van der Waals surface area contributed by atoms with Gasteiger partial charge in [-0.1, -0.05) is 25.6 Å². The van der Waals surface area contributed by atoms with Crippen LogP contribution in [0.3, 0.4) is 0 Å². The van der Waals surface area contributed by atoms with Crippen molar-refractivity contribution in [3.63, 3.8) is 0 Å². The van der Waals surface area contributed by atoms with E-state index in [9.17, 15) is 13.2 Å². The van der Waals surface area contributed by atoms with Gasteiger partial charge in [-0.2, -0.15) is 0 Å². The summed E-state index contributed by atoms with van der Waals surface area (Å²) in [7, 11) is -3.07. The van der Waals surface area contributed by atoms with Gasteiger partial charge in [0.15, 0.2) is 15.7 Å². The molecule has 3 heterocycles. The van der Waals surface area contributed by atoms with Crippen molar-refractivity contribution >= 4 is 27.5 Å². The SMILES string of the molecule is Cc1occc1-c1nnc(SCC(=O)N(CC(C)C)[C@H]2CCS(=O)(=O)C2)n1N. The van der Waals surface area contributed by atoms with Gasteiger partial charge in [0, 0.05) is 12.6 Å². The fourth-order valence-corrected chi connectivity index (χ4v) is 5.73. The third-order valence-electron chi connectivity index (χ3n) is 4.62. The highest BCUT2D eigenvalue weighted by molar-refractivity contribution is 7.99. The maximum atomic E-state index is 12.8. The van der Waals surface area contributed by atoms with E-state index in [4.69, 9.17) is 10.3 Å². The number of carbonyl (C=O) groups excluding carboxylic acids is 1. The van der Waals surface area contributed by atoms with Gasteiger partial charge in [0.1, 0.15) is 5.76 Å². The molecule has 1 aliphatic heterocycles. The average molecular weight is 428 g/mol. The lowest BCUT2D eigenvalue weighted by molar-refractivity contribution is -0.130. The van der Waals surface area contributed by atoms with Crippen molar-refractivity contribution in [1.82, 2.24) is 19.8 Å². The van der Waals surface area contributed by atoms with Crippen LogP contribution < -0.4 is 5.84 Å². The number of nitrogen functional groups attached to an aromatic ring is 1. The van der Waals surface area contributed by atoms with Crippen LogP contribution in [0.15, 0.2) is 21.9 Å². The number of rotatable bonds is 7. The average Bonchev–Trinajstić information content (AvgIpc) is 3.29. The standard InChI is InChI=1S/C17H25N5O4S2/c1-11(2)8-21(13-5-7-28(24,25)10-13)15(23)9-27-17-20-19-16(22(17)18)14-4-6-26-12(14)3/h4,6,11,13H,5,7-10,18H2,1-3H3/t13-/m0/s1. The summed E-state index contributed by atoms with van der Waals surface area (Å²) in [6.07, 6.45) is 2.04. The third kappa shape index (κ3) is 4.52. The van der Waals surface area contributed by atoms with Gasteiger partial charge < -0.3 is 15.2 Å². The third-order valence-corrected chi connectivity index (χ3v) is 7.30. The number of sulfone groups is 1. The second-order valence-electron chi connectivity index (χ2n) is 7.35. The van der Waals surface area contributed by atoms with Crippen molar-refractivity contribution in [3.8, 4) is 11.4 Å². The summed E-state index contributed by atoms with van der Waals surface area (Å²) in [6, 6.07) is 1.49. The quantitative estimate of drug-likeness (QED) is 0.518. The first-order valence-electron chi connectivity index (χ1n) is 9.05. The predicted molar refractivity (Wildman–Crippen MR) is 107 cm³/mol. The number of nitrogens with zero attached hydrogens (tertiary/aromatic N) is 4. The Hall–Kier alpha value is -2.01. The lowest BCUT2D eigenvalue weighted by atomic mass is 10.1. The van der Waals surface area contributed by atoms with E-state index in [0.29, 0.717) is 29.7 Å². The molecule has 1 atom stereocenters. The topological polar surface area (TPSA) is 124 Å². The van der Waals surface area contributed by atoms with Gasteiger partial charge in [-0.3, -0.25) is 4.79 Å². The molecule has 1 amide bonds. The fraction of sp³-hybridized carbons (Fsp3) is 0.588. The van der Waals surface area contributed by atoms with Crippen LogP contribution in [-0.2, 0) is 14.6 Å². The monoisotopic (exact) mass is 427 g/mol. The molecule has 2 N–H and O–H groups in total. The van der Waals surface area contributed by atoms with Crippen LogP contribution in [0, 0.1) is 12.8 Å². The maximum absolute atomic E-state index is 12.8. The smallest absolute Gasteiger partial charge is 0.233 e. The highest BCUT2D eigenvalue weighted by Gasteiger charge is 2.35. The minimum atomic E-state index is -3.07. The van der Waals surface area contributed by atoms with Crippen LogP contribution in [0.5, 0.6) is 0 Å². The number of furan rings is 1. The molecule has 0 spiro atoms. The molecule has 1 fully saturated rings. The van der Waals surface area contributed by atoms with E-state index in [0.717, 1.165) is 5.56 Å². The lowest BCUT2D eigenvalue weighted by Crippen LogP contribution is -2.44. The number of aryl methyl sites for hydroxylation is 1. The first-order valence-corrected chi connectivity index (χ1v) is 11.9. The Kier molecular flexibility index (Phi) is 6.04. The highest BCUT2D eigenvalue weighted by atomic mass is 32.2. The molecule has 0 aliphatic carbocycles. The largest absolute Gasteiger partial charge is 0.469 e. The van der Waals surface area contributed by atoms with Gasteiger partial charge in [-0.25, -0.2) is 13.1 Å². The molecule has 28 heavy (non-hydrogen) atoms. The summed E-state index contributed by atoms with van der Waals surface area (Å²) in [4.78, 5) is 14.5. The van der Waals surface area contributed by atoms with Crippen LogP contribution in [-0.4, -0.2) is 63.9 Å². The molecule has 2 aromatic rings. The van der Waals surface area contributed by atoms with E-state index >= 15 is 0 Å². The van der Waals surface area contributed by atoms with Crippen LogP contribution in [0.2, 0.25) is 0 Å². The Labute approximate surface area is 168 Å². The summed E-state index contributed by atoms with van der Waals surface area (Å²) in [6.45, 7) is 6.34. The number of hydrogen-bond acceptors (Lipinski definition) is 8. The van der Waals surface area contributed by atoms with Crippen LogP contribution >= 0.6 is 11.8 Å². The molecule has 9 nitrogen and oxygen atoms in total. The van der Waals surface area contributed by atoms with Gasteiger partial charge in [-0.05, 0) is 25.3 Å². The van der Waals surface area contributed by atoms with E-state index in [1.165, 1.54) is 16.4 Å². The Morgan fingerprint density at radius 1 is 1.46 bits per heavy atom. The zero-order chi connectivity index (χ0) is 20.5. The van der Waals surface area contributed by atoms with Crippen LogP contribution in [0.4, 0.5) is 0 Å². The van der Waals surface area contributed by atoms with Crippen molar-refractivity contribution in [2.75, 3.05) is 29.6 Å².